The zero-order chi connectivity index (χ0) is 14.6. The van der Waals surface area contributed by atoms with Crippen LogP contribution in [-0.4, -0.2) is 18.6 Å². The van der Waals surface area contributed by atoms with Crippen LogP contribution in [0.1, 0.15) is 52.0 Å². The van der Waals surface area contributed by atoms with Crippen LogP contribution in [-0.2, 0) is 14.9 Å². The van der Waals surface area contributed by atoms with Gasteiger partial charge in [-0.2, -0.15) is 0 Å². The molecule has 2 rings (SSSR count). The first-order chi connectivity index (χ1) is 9.47. The first-order valence-electron chi connectivity index (χ1n) is 7.48. The minimum Gasteiger partial charge on any atom is -0.378 e. The first kappa shape index (κ1) is 15.0. The maximum Gasteiger partial charge on any atom is 0.226 e. The fourth-order valence-electron chi connectivity index (χ4n) is 2.62. The molecule has 0 spiro atoms. The molecule has 3 nitrogen and oxygen atoms in total. The van der Waals surface area contributed by atoms with Crippen molar-refractivity contribution in [3.05, 3.63) is 29.8 Å². The molecule has 1 aliphatic heterocycles. The zero-order valence-electron chi connectivity index (χ0n) is 12.7. The van der Waals surface area contributed by atoms with Crippen LogP contribution in [0.2, 0.25) is 0 Å². The van der Waals surface area contributed by atoms with E-state index in [-0.39, 0.29) is 17.4 Å². The molecule has 1 aromatic rings. The first-order valence-corrected chi connectivity index (χ1v) is 7.48. The molecular weight excluding hydrogens is 250 g/mol. The molecule has 0 aromatic heterocycles. The number of carbonyl (C=O) groups excluding carboxylic acids is 1. The Labute approximate surface area is 121 Å². The van der Waals surface area contributed by atoms with Gasteiger partial charge in [0.05, 0.1) is 12.5 Å². The maximum atomic E-state index is 12.2. The third kappa shape index (κ3) is 4.07. The van der Waals surface area contributed by atoms with Gasteiger partial charge in [-0.05, 0) is 36.3 Å². The van der Waals surface area contributed by atoms with Gasteiger partial charge in [-0.25, -0.2) is 0 Å². The van der Waals surface area contributed by atoms with Gasteiger partial charge in [-0.1, -0.05) is 39.0 Å². The van der Waals surface area contributed by atoms with Gasteiger partial charge in [0.2, 0.25) is 5.91 Å². The summed E-state index contributed by atoms with van der Waals surface area (Å²) in [4.78, 5) is 12.2. The molecule has 0 radical (unpaired) electrons. The van der Waals surface area contributed by atoms with Crippen LogP contribution in [0.25, 0.3) is 0 Å². The van der Waals surface area contributed by atoms with Crippen LogP contribution in [0.5, 0.6) is 0 Å². The number of carbonyl (C=O) groups is 1. The molecular formula is C17H25NO2. The summed E-state index contributed by atoms with van der Waals surface area (Å²) < 4.78 is 5.62. The Morgan fingerprint density at radius 2 is 2.05 bits per heavy atom. The highest BCUT2D eigenvalue weighted by atomic mass is 16.5. The summed E-state index contributed by atoms with van der Waals surface area (Å²) in [5, 5.41) is 3.05. The van der Waals surface area contributed by atoms with Crippen LogP contribution in [0.15, 0.2) is 24.3 Å². The molecule has 3 heteroatoms. The van der Waals surface area contributed by atoms with Crippen molar-refractivity contribution in [3.8, 4) is 0 Å². The molecule has 1 aromatic carbocycles. The molecule has 20 heavy (non-hydrogen) atoms. The van der Waals surface area contributed by atoms with Gasteiger partial charge in [0.1, 0.15) is 0 Å². The van der Waals surface area contributed by atoms with Gasteiger partial charge < -0.3 is 10.1 Å². The molecule has 1 atom stereocenters. The molecule has 0 bridgehead atoms. The second-order valence-corrected chi connectivity index (χ2v) is 6.54. The number of rotatable bonds is 3. The number of para-hydroxylation sites is 1. The second-order valence-electron chi connectivity index (χ2n) is 6.54. The number of nitrogens with one attached hydrogen (secondary N) is 1. The van der Waals surface area contributed by atoms with Crippen molar-refractivity contribution in [1.82, 2.24) is 0 Å². The van der Waals surface area contributed by atoms with Crippen LogP contribution in [0.4, 0.5) is 5.69 Å². The van der Waals surface area contributed by atoms with Crippen molar-refractivity contribution < 1.29 is 9.53 Å². The van der Waals surface area contributed by atoms with E-state index >= 15 is 0 Å². The quantitative estimate of drug-likeness (QED) is 0.909. The van der Waals surface area contributed by atoms with Gasteiger partial charge in [0.15, 0.2) is 0 Å². The van der Waals surface area contributed by atoms with Crippen LogP contribution >= 0.6 is 0 Å². The van der Waals surface area contributed by atoms with E-state index in [9.17, 15) is 4.79 Å². The van der Waals surface area contributed by atoms with Crippen molar-refractivity contribution in [2.24, 2.45) is 0 Å². The summed E-state index contributed by atoms with van der Waals surface area (Å²) in [6.45, 7) is 7.25. The Kier molecular flexibility index (Phi) is 4.81. The van der Waals surface area contributed by atoms with E-state index in [2.05, 4.69) is 32.2 Å². The van der Waals surface area contributed by atoms with E-state index in [0.29, 0.717) is 6.42 Å². The Hall–Kier alpha value is -1.35. The van der Waals surface area contributed by atoms with Crippen molar-refractivity contribution in [1.29, 1.82) is 0 Å². The zero-order valence-corrected chi connectivity index (χ0v) is 12.7. The normalized spacial score (nSPS) is 19.6. The number of anilines is 1. The highest BCUT2D eigenvalue weighted by molar-refractivity contribution is 5.92. The van der Waals surface area contributed by atoms with Gasteiger partial charge in [-0.15, -0.1) is 0 Å². The molecule has 1 saturated heterocycles. The predicted octanol–water partition coefficient (Wildman–Crippen LogP) is 3.88. The summed E-state index contributed by atoms with van der Waals surface area (Å²) in [6.07, 6.45) is 3.82. The average Bonchev–Trinajstić information content (AvgIpc) is 2.39. The minimum absolute atomic E-state index is 0.0191. The fraction of sp³-hybridized carbons (Fsp3) is 0.588. The molecule has 1 aliphatic rings. The van der Waals surface area contributed by atoms with E-state index in [0.717, 1.165) is 37.1 Å². The SMILES string of the molecule is CC(C)(C)c1ccccc1NC(=O)CC1CCCCO1. The van der Waals surface area contributed by atoms with Gasteiger partial charge >= 0.3 is 0 Å². The van der Waals surface area contributed by atoms with Crippen LogP contribution in [0.3, 0.4) is 0 Å². The third-order valence-electron chi connectivity index (χ3n) is 3.70. The lowest BCUT2D eigenvalue weighted by Gasteiger charge is -2.24. The van der Waals surface area contributed by atoms with E-state index in [4.69, 9.17) is 4.74 Å². The maximum absolute atomic E-state index is 12.2. The summed E-state index contributed by atoms with van der Waals surface area (Å²) in [6, 6.07) is 8.02. The number of benzene rings is 1. The number of hydrogen-bond acceptors (Lipinski definition) is 2. The second kappa shape index (κ2) is 6.40. The van der Waals surface area contributed by atoms with Gasteiger partial charge in [0.25, 0.3) is 0 Å². The third-order valence-corrected chi connectivity index (χ3v) is 3.70. The predicted molar refractivity (Wildman–Crippen MR) is 82.0 cm³/mol. The fourth-order valence-corrected chi connectivity index (χ4v) is 2.62. The number of amides is 1. The van der Waals surface area contributed by atoms with Crippen molar-refractivity contribution in [3.63, 3.8) is 0 Å². The molecule has 0 aliphatic carbocycles. The molecule has 110 valence electrons. The van der Waals surface area contributed by atoms with E-state index < -0.39 is 0 Å². The molecule has 1 unspecified atom stereocenters. The van der Waals surface area contributed by atoms with Gasteiger partial charge in [0, 0.05) is 12.3 Å². The Bertz CT molecular complexity index is 456. The van der Waals surface area contributed by atoms with Crippen LogP contribution < -0.4 is 5.32 Å². The summed E-state index contributed by atoms with van der Waals surface area (Å²) in [5.74, 6) is 0.0496. The smallest absolute Gasteiger partial charge is 0.226 e. The standard InChI is InChI=1S/C17H25NO2/c1-17(2,3)14-9-4-5-10-15(14)18-16(19)12-13-8-6-7-11-20-13/h4-5,9-10,13H,6-8,11-12H2,1-3H3,(H,18,19). The van der Waals surface area contributed by atoms with Crippen molar-refractivity contribution in [2.75, 3.05) is 11.9 Å². The summed E-state index contributed by atoms with van der Waals surface area (Å²) >= 11 is 0. The Morgan fingerprint density at radius 1 is 1.30 bits per heavy atom. The van der Waals surface area contributed by atoms with E-state index in [1.807, 2.05) is 18.2 Å². The lowest BCUT2D eigenvalue weighted by Crippen LogP contribution is -2.26. The summed E-state index contributed by atoms with van der Waals surface area (Å²) in [5.41, 5.74) is 2.10. The average molecular weight is 275 g/mol. The highest BCUT2D eigenvalue weighted by Gasteiger charge is 2.21. The Balaban J connectivity index is 2.00. The summed E-state index contributed by atoms with van der Waals surface area (Å²) in [7, 11) is 0. The molecule has 1 amide bonds. The van der Waals surface area contributed by atoms with Crippen LogP contribution in [0, 0.1) is 0 Å². The lowest BCUT2D eigenvalue weighted by atomic mass is 9.86. The highest BCUT2D eigenvalue weighted by Crippen LogP contribution is 2.29. The Morgan fingerprint density at radius 3 is 2.70 bits per heavy atom. The largest absolute Gasteiger partial charge is 0.378 e. The monoisotopic (exact) mass is 275 g/mol. The molecule has 0 saturated carbocycles. The van der Waals surface area contributed by atoms with Gasteiger partial charge in [-0.3, -0.25) is 4.79 Å². The molecule has 1 N–H and O–H groups in total. The number of hydrogen-bond donors (Lipinski definition) is 1. The minimum atomic E-state index is 0.0191. The van der Waals surface area contributed by atoms with E-state index in [1.54, 1.807) is 0 Å². The topological polar surface area (TPSA) is 38.3 Å². The molecule has 1 fully saturated rings. The lowest BCUT2D eigenvalue weighted by molar-refractivity contribution is -0.119. The van der Waals surface area contributed by atoms with E-state index in [1.165, 1.54) is 0 Å². The van der Waals surface area contributed by atoms with Crippen molar-refractivity contribution >= 4 is 11.6 Å². The number of ether oxygens (including phenoxy) is 1. The molecule has 1 heterocycles. The van der Waals surface area contributed by atoms with Crippen molar-refractivity contribution in [2.45, 2.75) is 58.0 Å².